The van der Waals surface area contributed by atoms with E-state index in [9.17, 15) is 19.1 Å². The molecule has 7 heteroatoms. The molecule has 1 N–H and O–H groups in total. The Morgan fingerprint density at radius 3 is 2.65 bits per heavy atom. The number of hydrogen-bond donors (Lipinski definition) is 1. The highest BCUT2D eigenvalue weighted by Crippen LogP contribution is 2.35. The van der Waals surface area contributed by atoms with Crippen molar-refractivity contribution in [2.24, 2.45) is 5.92 Å². The van der Waals surface area contributed by atoms with Crippen molar-refractivity contribution in [2.45, 2.75) is 26.3 Å². The standard InChI is InChI=1S/C16H16FNO3S2/c1-9(2)7-12(15(20)21)18-14(19)13(23-16(18)22)8-10-5-3-4-6-11(10)17/h3-6,8-9,12H,7H2,1-2H3,(H,20,21)/b13-8-. The van der Waals surface area contributed by atoms with Gasteiger partial charge in [-0.1, -0.05) is 56.0 Å². The molecular formula is C16H16FNO3S2. The number of aliphatic carboxylic acids is 1. The van der Waals surface area contributed by atoms with Gasteiger partial charge in [0.15, 0.2) is 0 Å². The lowest BCUT2D eigenvalue weighted by atomic mass is 10.0. The fourth-order valence-corrected chi connectivity index (χ4v) is 3.59. The molecule has 23 heavy (non-hydrogen) atoms. The summed E-state index contributed by atoms with van der Waals surface area (Å²) in [6.45, 7) is 3.76. The van der Waals surface area contributed by atoms with E-state index in [0.29, 0.717) is 6.42 Å². The summed E-state index contributed by atoms with van der Waals surface area (Å²) in [5.74, 6) is -1.94. The van der Waals surface area contributed by atoms with E-state index in [1.54, 1.807) is 18.2 Å². The van der Waals surface area contributed by atoms with Crippen molar-refractivity contribution < 1.29 is 19.1 Å². The van der Waals surface area contributed by atoms with E-state index in [0.717, 1.165) is 16.7 Å². The van der Waals surface area contributed by atoms with Crippen LogP contribution in [0.1, 0.15) is 25.8 Å². The molecule has 0 aromatic heterocycles. The molecule has 1 saturated heterocycles. The lowest BCUT2D eigenvalue weighted by Gasteiger charge is -2.24. The predicted molar refractivity (Wildman–Crippen MR) is 92.3 cm³/mol. The zero-order chi connectivity index (χ0) is 17.1. The third-order valence-corrected chi connectivity index (χ3v) is 4.64. The van der Waals surface area contributed by atoms with Crippen LogP contribution in [0.25, 0.3) is 6.08 Å². The summed E-state index contributed by atoms with van der Waals surface area (Å²) in [6.07, 6.45) is 1.71. The average Bonchev–Trinajstić information content (AvgIpc) is 2.73. The van der Waals surface area contributed by atoms with E-state index < -0.39 is 23.7 Å². The molecule has 1 heterocycles. The molecule has 0 radical (unpaired) electrons. The number of carboxylic acids is 1. The Morgan fingerprint density at radius 1 is 1.43 bits per heavy atom. The maximum absolute atomic E-state index is 13.7. The van der Waals surface area contributed by atoms with Crippen molar-refractivity contribution in [1.82, 2.24) is 4.90 Å². The molecule has 2 rings (SSSR count). The zero-order valence-electron chi connectivity index (χ0n) is 12.7. The van der Waals surface area contributed by atoms with Crippen LogP contribution >= 0.6 is 24.0 Å². The second kappa shape index (κ2) is 7.23. The summed E-state index contributed by atoms with van der Waals surface area (Å²) >= 11 is 6.16. The van der Waals surface area contributed by atoms with Crippen LogP contribution in [-0.4, -0.2) is 32.2 Å². The maximum Gasteiger partial charge on any atom is 0.326 e. The molecule has 1 aromatic rings. The number of nitrogens with zero attached hydrogens (tertiary/aromatic N) is 1. The molecule has 1 aliphatic heterocycles. The molecule has 0 spiro atoms. The molecule has 0 aliphatic carbocycles. The monoisotopic (exact) mass is 353 g/mol. The lowest BCUT2D eigenvalue weighted by molar-refractivity contribution is -0.145. The highest BCUT2D eigenvalue weighted by molar-refractivity contribution is 8.26. The summed E-state index contributed by atoms with van der Waals surface area (Å²) < 4.78 is 13.9. The first kappa shape index (κ1) is 17.6. The first-order valence-electron chi connectivity index (χ1n) is 7.05. The SMILES string of the molecule is CC(C)CC(C(=O)O)N1C(=O)/C(=C/c2ccccc2F)SC1=S. The van der Waals surface area contributed by atoms with Crippen LogP contribution in [0.15, 0.2) is 29.2 Å². The van der Waals surface area contributed by atoms with Gasteiger partial charge in [-0.15, -0.1) is 0 Å². The van der Waals surface area contributed by atoms with E-state index in [2.05, 4.69) is 0 Å². The van der Waals surface area contributed by atoms with Crippen LogP contribution < -0.4 is 0 Å². The van der Waals surface area contributed by atoms with Gasteiger partial charge in [-0.25, -0.2) is 9.18 Å². The minimum atomic E-state index is -1.10. The molecule has 1 atom stereocenters. The van der Waals surface area contributed by atoms with E-state index in [4.69, 9.17) is 12.2 Å². The lowest BCUT2D eigenvalue weighted by Crippen LogP contribution is -2.44. The Balaban J connectivity index is 2.32. The number of thiocarbonyl (C=S) groups is 1. The largest absolute Gasteiger partial charge is 0.480 e. The van der Waals surface area contributed by atoms with Gasteiger partial charge < -0.3 is 5.11 Å². The van der Waals surface area contributed by atoms with Gasteiger partial charge in [-0.2, -0.15) is 0 Å². The number of carboxylic acid groups (broad SMARTS) is 1. The van der Waals surface area contributed by atoms with Gasteiger partial charge in [0.05, 0.1) is 4.91 Å². The number of rotatable bonds is 5. The van der Waals surface area contributed by atoms with Crippen LogP contribution in [0, 0.1) is 11.7 Å². The second-order valence-corrected chi connectivity index (χ2v) is 7.23. The van der Waals surface area contributed by atoms with Gasteiger partial charge in [0.25, 0.3) is 5.91 Å². The van der Waals surface area contributed by atoms with E-state index >= 15 is 0 Å². The van der Waals surface area contributed by atoms with Gasteiger partial charge in [0.2, 0.25) is 0 Å². The molecule has 4 nitrogen and oxygen atoms in total. The van der Waals surface area contributed by atoms with Gasteiger partial charge in [-0.3, -0.25) is 9.69 Å². The summed E-state index contributed by atoms with van der Waals surface area (Å²) in [6, 6.07) is 5.06. The molecule has 1 fully saturated rings. The maximum atomic E-state index is 13.7. The average molecular weight is 353 g/mol. The summed E-state index contributed by atoms with van der Waals surface area (Å²) in [5.41, 5.74) is 0.267. The van der Waals surface area contributed by atoms with Crippen molar-refractivity contribution in [3.63, 3.8) is 0 Å². The minimum absolute atomic E-state index is 0.0938. The molecular weight excluding hydrogens is 337 g/mol. The Bertz CT molecular complexity index is 688. The van der Waals surface area contributed by atoms with E-state index in [-0.39, 0.29) is 20.7 Å². The van der Waals surface area contributed by atoms with Crippen molar-refractivity contribution >= 4 is 46.3 Å². The number of carbonyl (C=O) groups is 2. The number of hydrogen-bond acceptors (Lipinski definition) is 4. The molecule has 0 saturated carbocycles. The topological polar surface area (TPSA) is 57.6 Å². The molecule has 1 aromatic carbocycles. The van der Waals surface area contributed by atoms with Crippen molar-refractivity contribution in [3.05, 3.63) is 40.6 Å². The van der Waals surface area contributed by atoms with Crippen LogP contribution in [0.4, 0.5) is 4.39 Å². The Morgan fingerprint density at radius 2 is 2.09 bits per heavy atom. The number of amides is 1. The molecule has 1 unspecified atom stereocenters. The number of benzene rings is 1. The normalized spacial score (nSPS) is 18.1. The Hall–Kier alpha value is -1.73. The quantitative estimate of drug-likeness (QED) is 0.648. The second-order valence-electron chi connectivity index (χ2n) is 5.56. The van der Waals surface area contributed by atoms with Gasteiger partial charge >= 0.3 is 5.97 Å². The van der Waals surface area contributed by atoms with E-state index in [1.807, 2.05) is 13.8 Å². The Kier molecular flexibility index (Phi) is 5.54. The van der Waals surface area contributed by atoms with Gasteiger partial charge in [0.1, 0.15) is 16.2 Å². The van der Waals surface area contributed by atoms with Crippen LogP contribution in [0.2, 0.25) is 0 Å². The van der Waals surface area contributed by atoms with Gasteiger partial charge in [-0.05, 0) is 24.5 Å². The molecule has 122 valence electrons. The van der Waals surface area contributed by atoms with Crippen molar-refractivity contribution in [1.29, 1.82) is 0 Å². The van der Waals surface area contributed by atoms with Crippen LogP contribution in [0.5, 0.6) is 0 Å². The minimum Gasteiger partial charge on any atom is -0.480 e. The van der Waals surface area contributed by atoms with Crippen molar-refractivity contribution in [2.75, 3.05) is 0 Å². The van der Waals surface area contributed by atoms with Gasteiger partial charge in [0, 0.05) is 5.56 Å². The predicted octanol–water partition coefficient (Wildman–Crippen LogP) is 3.53. The number of thioether (sulfide) groups is 1. The first-order valence-corrected chi connectivity index (χ1v) is 8.28. The highest BCUT2D eigenvalue weighted by Gasteiger charge is 2.40. The summed E-state index contributed by atoms with van der Waals surface area (Å²) in [4.78, 5) is 25.4. The van der Waals surface area contributed by atoms with Crippen LogP contribution in [-0.2, 0) is 9.59 Å². The van der Waals surface area contributed by atoms with E-state index in [1.165, 1.54) is 12.1 Å². The summed E-state index contributed by atoms with van der Waals surface area (Å²) in [7, 11) is 0. The zero-order valence-corrected chi connectivity index (χ0v) is 14.3. The third-order valence-electron chi connectivity index (χ3n) is 3.31. The fraction of sp³-hybridized carbons (Fsp3) is 0.312. The Labute approximate surface area is 143 Å². The first-order chi connectivity index (χ1) is 10.8. The summed E-state index contributed by atoms with van der Waals surface area (Å²) in [5, 5.41) is 9.40. The van der Waals surface area contributed by atoms with Crippen LogP contribution in [0.3, 0.4) is 0 Å². The smallest absolute Gasteiger partial charge is 0.326 e. The molecule has 1 amide bonds. The fourth-order valence-electron chi connectivity index (χ4n) is 2.25. The third kappa shape index (κ3) is 3.97. The number of halogens is 1. The number of carbonyl (C=O) groups excluding carboxylic acids is 1. The molecule has 0 bridgehead atoms. The molecule has 1 aliphatic rings. The van der Waals surface area contributed by atoms with Crippen molar-refractivity contribution in [3.8, 4) is 0 Å². The highest BCUT2D eigenvalue weighted by atomic mass is 32.2.